The first-order valence-corrected chi connectivity index (χ1v) is 7.13. The largest absolute Gasteiger partial charge is 0.388 e. The van der Waals surface area contributed by atoms with Crippen LogP contribution in [0.5, 0.6) is 0 Å². The van der Waals surface area contributed by atoms with Crippen LogP contribution in [0.15, 0.2) is 18.3 Å². The summed E-state index contributed by atoms with van der Waals surface area (Å²) in [4.78, 5) is 7.09. The molecule has 2 heterocycles. The number of rotatable bonds is 3. The maximum absolute atomic E-state index is 5.76. The van der Waals surface area contributed by atoms with E-state index in [1.165, 1.54) is 25.7 Å². The van der Waals surface area contributed by atoms with Gasteiger partial charge in [-0.25, -0.2) is 0 Å². The minimum Gasteiger partial charge on any atom is -0.388 e. The highest BCUT2D eigenvalue weighted by Crippen LogP contribution is 2.25. The SMILES string of the molecule is CCC1CCCN(c2cccnc2C(N)=S)CC1. The van der Waals surface area contributed by atoms with Crippen LogP contribution < -0.4 is 10.6 Å². The number of hydrogen-bond donors (Lipinski definition) is 1. The van der Waals surface area contributed by atoms with Crippen molar-refractivity contribution < 1.29 is 0 Å². The second-order valence-electron chi connectivity index (χ2n) is 4.93. The Morgan fingerprint density at radius 3 is 3.06 bits per heavy atom. The highest BCUT2D eigenvalue weighted by molar-refractivity contribution is 7.80. The molecule has 0 saturated carbocycles. The van der Waals surface area contributed by atoms with E-state index in [4.69, 9.17) is 18.0 Å². The molecular weight excluding hydrogens is 242 g/mol. The minimum absolute atomic E-state index is 0.391. The molecule has 1 aromatic heterocycles. The average molecular weight is 263 g/mol. The van der Waals surface area contributed by atoms with Crippen LogP contribution in [-0.4, -0.2) is 23.1 Å². The summed E-state index contributed by atoms with van der Waals surface area (Å²) in [7, 11) is 0. The number of nitrogens with two attached hydrogens (primary N) is 1. The summed E-state index contributed by atoms with van der Waals surface area (Å²) < 4.78 is 0. The Kier molecular flexibility index (Phi) is 4.53. The van der Waals surface area contributed by atoms with Gasteiger partial charge in [0.25, 0.3) is 0 Å². The van der Waals surface area contributed by atoms with E-state index in [2.05, 4.69) is 22.9 Å². The van der Waals surface area contributed by atoms with E-state index >= 15 is 0 Å². The second kappa shape index (κ2) is 6.14. The van der Waals surface area contributed by atoms with Gasteiger partial charge in [-0.2, -0.15) is 0 Å². The Hall–Kier alpha value is -1.16. The number of nitrogens with zero attached hydrogens (tertiary/aromatic N) is 2. The van der Waals surface area contributed by atoms with Crippen LogP contribution in [0.4, 0.5) is 5.69 Å². The Morgan fingerprint density at radius 2 is 2.33 bits per heavy atom. The lowest BCUT2D eigenvalue weighted by atomic mass is 9.98. The summed E-state index contributed by atoms with van der Waals surface area (Å²) >= 11 is 5.09. The smallest absolute Gasteiger partial charge is 0.124 e. The Morgan fingerprint density at radius 1 is 1.50 bits per heavy atom. The minimum atomic E-state index is 0.391. The van der Waals surface area contributed by atoms with Crippen molar-refractivity contribution in [2.45, 2.75) is 32.6 Å². The van der Waals surface area contributed by atoms with E-state index in [1.807, 2.05) is 6.07 Å². The molecule has 0 spiro atoms. The van der Waals surface area contributed by atoms with Crippen LogP contribution >= 0.6 is 12.2 Å². The number of aromatic nitrogens is 1. The molecule has 0 aromatic carbocycles. The fourth-order valence-electron chi connectivity index (χ4n) is 2.66. The van der Waals surface area contributed by atoms with E-state index in [1.54, 1.807) is 6.20 Å². The molecule has 0 aliphatic carbocycles. The van der Waals surface area contributed by atoms with Crippen LogP contribution in [0.3, 0.4) is 0 Å². The van der Waals surface area contributed by atoms with Gasteiger partial charge < -0.3 is 10.6 Å². The Bertz CT molecular complexity index is 419. The number of hydrogen-bond acceptors (Lipinski definition) is 3. The van der Waals surface area contributed by atoms with E-state index in [-0.39, 0.29) is 0 Å². The van der Waals surface area contributed by atoms with Crippen LogP contribution in [0, 0.1) is 5.92 Å². The summed E-state index contributed by atoms with van der Waals surface area (Å²) in [6.07, 6.45) is 6.86. The maximum Gasteiger partial charge on any atom is 0.124 e. The van der Waals surface area contributed by atoms with Crippen molar-refractivity contribution in [3.05, 3.63) is 24.0 Å². The molecule has 1 aliphatic heterocycles. The van der Waals surface area contributed by atoms with Crippen LogP contribution in [0.25, 0.3) is 0 Å². The zero-order valence-corrected chi connectivity index (χ0v) is 11.7. The maximum atomic E-state index is 5.76. The topological polar surface area (TPSA) is 42.2 Å². The molecule has 98 valence electrons. The van der Waals surface area contributed by atoms with Gasteiger partial charge >= 0.3 is 0 Å². The summed E-state index contributed by atoms with van der Waals surface area (Å²) in [5, 5.41) is 0. The lowest BCUT2D eigenvalue weighted by molar-refractivity contribution is 0.459. The third-order valence-corrected chi connectivity index (χ3v) is 3.98. The summed E-state index contributed by atoms with van der Waals surface area (Å²) in [5.74, 6) is 0.861. The molecule has 4 heteroatoms. The molecule has 1 aromatic rings. The predicted molar refractivity (Wildman–Crippen MR) is 80.0 cm³/mol. The lowest BCUT2D eigenvalue weighted by Gasteiger charge is -2.24. The van der Waals surface area contributed by atoms with Gasteiger partial charge in [-0.05, 0) is 37.3 Å². The van der Waals surface area contributed by atoms with E-state index in [0.29, 0.717) is 4.99 Å². The van der Waals surface area contributed by atoms with Crippen LogP contribution in [0.1, 0.15) is 38.3 Å². The van der Waals surface area contributed by atoms with E-state index in [9.17, 15) is 0 Å². The van der Waals surface area contributed by atoms with Crippen molar-refractivity contribution >= 4 is 22.9 Å². The van der Waals surface area contributed by atoms with Crippen LogP contribution in [-0.2, 0) is 0 Å². The lowest BCUT2D eigenvalue weighted by Crippen LogP contribution is -2.27. The Balaban J connectivity index is 2.18. The molecule has 3 nitrogen and oxygen atoms in total. The van der Waals surface area contributed by atoms with Crippen molar-refractivity contribution in [3.8, 4) is 0 Å². The van der Waals surface area contributed by atoms with Gasteiger partial charge in [0.2, 0.25) is 0 Å². The summed E-state index contributed by atoms with van der Waals surface area (Å²) in [5.41, 5.74) is 7.62. The zero-order valence-electron chi connectivity index (χ0n) is 10.9. The van der Waals surface area contributed by atoms with Crippen LogP contribution in [0.2, 0.25) is 0 Å². The molecule has 2 rings (SSSR count). The van der Waals surface area contributed by atoms with Crippen molar-refractivity contribution in [2.24, 2.45) is 11.7 Å². The average Bonchev–Trinajstić information content (AvgIpc) is 2.63. The zero-order chi connectivity index (χ0) is 13.0. The highest BCUT2D eigenvalue weighted by Gasteiger charge is 2.19. The molecule has 0 radical (unpaired) electrons. The summed E-state index contributed by atoms with van der Waals surface area (Å²) in [6, 6.07) is 4.03. The number of anilines is 1. The second-order valence-corrected chi connectivity index (χ2v) is 5.37. The van der Waals surface area contributed by atoms with Crippen molar-refractivity contribution in [1.82, 2.24) is 4.98 Å². The van der Waals surface area contributed by atoms with Crippen molar-refractivity contribution in [2.75, 3.05) is 18.0 Å². The molecule has 1 unspecified atom stereocenters. The third kappa shape index (κ3) is 2.99. The Labute approximate surface area is 114 Å². The molecule has 18 heavy (non-hydrogen) atoms. The van der Waals surface area contributed by atoms with Gasteiger partial charge in [0.15, 0.2) is 0 Å². The molecule has 0 bridgehead atoms. The monoisotopic (exact) mass is 263 g/mol. The molecule has 2 N–H and O–H groups in total. The number of thiocarbonyl (C=S) groups is 1. The quantitative estimate of drug-likeness (QED) is 0.852. The predicted octanol–water partition coefficient (Wildman–Crippen LogP) is 2.73. The highest BCUT2D eigenvalue weighted by atomic mass is 32.1. The molecular formula is C14H21N3S. The first kappa shape index (κ1) is 13.3. The standard InChI is InChI=1S/C14H21N3S/c1-2-11-5-4-9-17(10-7-11)12-6-3-8-16-13(12)14(15)18/h3,6,8,11H,2,4-5,7,9-10H2,1H3,(H2,15,18). The van der Waals surface area contributed by atoms with Gasteiger partial charge in [-0.3, -0.25) is 4.98 Å². The van der Waals surface area contributed by atoms with Crippen molar-refractivity contribution in [1.29, 1.82) is 0 Å². The van der Waals surface area contributed by atoms with Gasteiger partial charge in [0.1, 0.15) is 10.7 Å². The fraction of sp³-hybridized carbons (Fsp3) is 0.571. The normalized spacial score (nSPS) is 20.5. The third-order valence-electron chi connectivity index (χ3n) is 3.79. The first-order chi connectivity index (χ1) is 8.72. The van der Waals surface area contributed by atoms with Gasteiger partial charge in [0.05, 0.1) is 5.69 Å². The molecule has 0 amide bonds. The molecule has 1 fully saturated rings. The fourth-order valence-corrected chi connectivity index (χ4v) is 2.81. The van der Waals surface area contributed by atoms with Gasteiger partial charge in [-0.1, -0.05) is 25.6 Å². The molecule has 1 atom stereocenters. The van der Waals surface area contributed by atoms with Gasteiger partial charge in [-0.15, -0.1) is 0 Å². The first-order valence-electron chi connectivity index (χ1n) is 6.72. The number of pyridine rings is 1. The van der Waals surface area contributed by atoms with E-state index < -0.39 is 0 Å². The van der Waals surface area contributed by atoms with Crippen molar-refractivity contribution in [3.63, 3.8) is 0 Å². The summed E-state index contributed by atoms with van der Waals surface area (Å²) in [6.45, 7) is 4.45. The van der Waals surface area contributed by atoms with Gasteiger partial charge in [0, 0.05) is 19.3 Å². The molecule has 1 saturated heterocycles. The molecule has 1 aliphatic rings. The van der Waals surface area contributed by atoms with E-state index in [0.717, 1.165) is 30.4 Å².